The molecule has 0 fully saturated rings. The number of phenolic OH excluding ortho intramolecular Hbond substituents is 1. The minimum absolute atomic E-state index is 0.0859. The molecule has 0 spiro atoms. The molecule has 0 radical (unpaired) electrons. The lowest BCUT2D eigenvalue weighted by Crippen LogP contribution is -2.42. The van der Waals surface area contributed by atoms with Crippen molar-refractivity contribution in [3.63, 3.8) is 0 Å². The SMILES string of the molecule is CCN(CC(O)c1cccc(O)c1)C(=O)NCCc1ncnn1C. The molecule has 0 aliphatic carbocycles. The number of urea groups is 1. The molecule has 2 aromatic rings. The Morgan fingerprint density at radius 2 is 2.25 bits per heavy atom. The van der Waals surface area contributed by atoms with Crippen LogP contribution in [0.3, 0.4) is 0 Å². The van der Waals surface area contributed by atoms with Crippen LogP contribution in [0, 0.1) is 0 Å². The summed E-state index contributed by atoms with van der Waals surface area (Å²) in [6.07, 6.45) is 1.19. The molecular weight excluding hydrogens is 310 g/mol. The van der Waals surface area contributed by atoms with E-state index >= 15 is 0 Å². The van der Waals surface area contributed by atoms with Gasteiger partial charge >= 0.3 is 6.03 Å². The molecule has 1 unspecified atom stereocenters. The minimum atomic E-state index is -0.860. The van der Waals surface area contributed by atoms with E-state index in [0.717, 1.165) is 5.82 Å². The third-order valence-corrected chi connectivity index (χ3v) is 3.75. The molecule has 0 saturated heterocycles. The van der Waals surface area contributed by atoms with Crippen LogP contribution < -0.4 is 5.32 Å². The molecule has 0 aliphatic heterocycles. The molecule has 8 heteroatoms. The molecule has 3 N–H and O–H groups in total. The molecule has 130 valence electrons. The van der Waals surface area contributed by atoms with Crippen LogP contribution in [-0.2, 0) is 13.5 Å². The largest absolute Gasteiger partial charge is 0.508 e. The van der Waals surface area contributed by atoms with Crippen LogP contribution in [0.15, 0.2) is 30.6 Å². The first-order valence-corrected chi connectivity index (χ1v) is 7.84. The summed E-state index contributed by atoms with van der Waals surface area (Å²) in [6, 6.07) is 6.14. The summed E-state index contributed by atoms with van der Waals surface area (Å²) in [7, 11) is 1.80. The number of hydrogen-bond donors (Lipinski definition) is 3. The molecule has 1 atom stereocenters. The van der Waals surface area contributed by atoms with E-state index in [-0.39, 0.29) is 18.3 Å². The smallest absolute Gasteiger partial charge is 0.317 e. The van der Waals surface area contributed by atoms with Gasteiger partial charge in [-0.2, -0.15) is 5.10 Å². The zero-order valence-corrected chi connectivity index (χ0v) is 13.9. The van der Waals surface area contributed by atoms with Crippen molar-refractivity contribution in [3.05, 3.63) is 42.0 Å². The number of phenols is 1. The summed E-state index contributed by atoms with van der Waals surface area (Å²) in [5, 5.41) is 26.5. The van der Waals surface area contributed by atoms with E-state index in [0.29, 0.717) is 25.1 Å². The third-order valence-electron chi connectivity index (χ3n) is 3.75. The van der Waals surface area contributed by atoms with E-state index in [2.05, 4.69) is 15.4 Å². The van der Waals surface area contributed by atoms with Crippen LogP contribution in [0.4, 0.5) is 4.79 Å². The number of aliphatic hydroxyl groups excluding tert-OH is 1. The van der Waals surface area contributed by atoms with Crippen molar-refractivity contribution in [1.82, 2.24) is 25.0 Å². The van der Waals surface area contributed by atoms with Gasteiger partial charge in [-0.3, -0.25) is 4.68 Å². The second-order valence-electron chi connectivity index (χ2n) is 5.43. The summed E-state index contributed by atoms with van der Waals surface area (Å²) in [4.78, 5) is 17.8. The van der Waals surface area contributed by atoms with E-state index in [1.54, 1.807) is 23.9 Å². The van der Waals surface area contributed by atoms with Crippen LogP contribution in [0.25, 0.3) is 0 Å². The Bertz CT molecular complexity index is 673. The highest BCUT2D eigenvalue weighted by Crippen LogP contribution is 2.19. The van der Waals surface area contributed by atoms with Crippen molar-refractivity contribution >= 4 is 6.03 Å². The van der Waals surface area contributed by atoms with Gasteiger partial charge in [-0.05, 0) is 24.6 Å². The number of aryl methyl sites for hydroxylation is 1. The third kappa shape index (κ3) is 4.69. The quantitative estimate of drug-likeness (QED) is 0.696. The normalized spacial score (nSPS) is 12.0. The number of aliphatic hydroxyl groups is 1. The molecule has 0 bridgehead atoms. The number of hydrogen-bond acceptors (Lipinski definition) is 5. The van der Waals surface area contributed by atoms with Gasteiger partial charge in [0.2, 0.25) is 0 Å². The highest BCUT2D eigenvalue weighted by atomic mass is 16.3. The monoisotopic (exact) mass is 333 g/mol. The second kappa shape index (κ2) is 8.30. The summed E-state index contributed by atoms with van der Waals surface area (Å²) in [6.45, 7) is 2.89. The summed E-state index contributed by atoms with van der Waals surface area (Å²) in [5.74, 6) is 0.876. The lowest BCUT2D eigenvalue weighted by Gasteiger charge is -2.24. The Labute approximate surface area is 140 Å². The first-order chi connectivity index (χ1) is 11.5. The fraction of sp³-hybridized carbons (Fsp3) is 0.438. The lowest BCUT2D eigenvalue weighted by molar-refractivity contribution is 0.123. The van der Waals surface area contributed by atoms with Gasteiger partial charge in [0.05, 0.1) is 12.6 Å². The van der Waals surface area contributed by atoms with Gasteiger partial charge in [0.1, 0.15) is 17.9 Å². The van der Waals surface area contributed by atoms with Crippen molar-refractivity contribution < 1.29 is 15.0 Å². The van der Waals surface area contributed by atoms with Crippen LogP contribution in [0.1, 0.15) is 24.4 Å². The van der Waals surface area contributed by atoms with Crippen LogP contribution in [0.5, 0.6) is 5.75 Å². The van der Waals surface area contributed by atoms with Gasteiger partial charge in [0, 0.05) is 26.6 Å². The topological polar surface area (TPSA) is 104 Å². The Morgan fingerprint density at radius 3 is 2.88 bits per heavy atom. The van der Waals surface area contributed by atoms with Crippen molar-refractivity contribution in [2.45, 2.75) is 19.4 Å². The maximum atomic E-state index is 12.2. The minimum Gasteiger partial charge on any atom is -0.508 e. The number of carbonyl (C=O) groups is 1. The van der Waals surface area contributed by atoms with Crippen LogP contribution in [-0.4, -0.2) is 55.5 Å². The average Bonchev–Trinajstić information content (AvgIpc) is 2.97. The highest BCUT2D eigenvalue weighted by Gasteiger charge is 2.17. The number of benzene rings is 1. The zero-order valence-electron chi connectivity index (χ0n) is 13.9. The van der Waals surface area contributed by atoms with Crippen LogP contribution >= 0.6 is 0 Å². The molecular formula is C16H23N5O3. The van der Waals surface area contributed by atoms with E-state index < -0.39 is 6.10 Å². The lowest BCUT2D eigenvalue weighted by atomic mass is 10.1. The average molecular weight is 333 g/mol. The summed E-state index contributed by atoms with van der Waals surface area (Å²) >= 11 is 0. The first-order valence-electron chi connectivity index (χ1n) is 7.84. The molecule has 24 heavy (non-hydrogen) atoms. The molecule has 8 nitrogen and oxygen atoms in total. The number of carbonyl (C=O) groups excluding carboxylic acids is 1. The van der Waals surface area contributed by atoms with E-state index in [9.17, 15) is 15.0 Å². The fourth-order valence-corrected chi connectivity index (χ4v) is 2.34. The van der Waals surface area contributed by atoms with Gasteiger partial charge in [-0.15, -0.1) is 0 Å². The predicted octanol–water partition coefficient (Wildman–Crippen LogP) is 0.828. The fourth-order valence-electron chi connectivity index (χ4n) is 2.34. The predicted molar refractivity (Wildman–Crippen MR) is 88.4 cm³/mol. The van der Waals surface area contributed by atoms with Gasteiger partial charge < -0.3 is 20.4 Å². The Hall–Kier alpha value is -2.61. The molecule has 1 aromatic heterocycles. The van der Waals surface area contributed by atoms with Gasteiger partial charge in [-0.25, -0.2) is 9.78 Å². The van der Waals surface area contributed by atoms with E-state index in [1.807, 2.05) is 6.92 Å². The number of nitrogens with one attached hydrogen (secondary N) is 1. The molecule has 1 aromatic carbocycles. The van der Waals surface area contributed by atoms with Crippen molar-refractivity contribution in [2.24, 2.45) is 7.05 Å². The number of nitrogens with zero attached hydrogens (tertiary/aromatic N) is 4. The second-order valence-corrected chi connectivity index (χ2v) is 5.43. The summed E-state index contributed by atoms with van der Waals surface area (Å²) < 4.78 is 1.66. The van der Waals surface area contributed by atoms with Gasteiger partial charge in [-0.1, -0.05) is 12.1 Å². The Kier molecular flexibility index (Phi) is 6.14. The van der Waals surface area contributed by atoms with Crippen molar-refractivity contribution in [1.29, 1.82) is 0 Å². The number of aromatic hydroxyl groups is 1. The Balaban J connectivity index is 1.85. The van der Waals surface area contributed by atoms with E-state index in [4.69, 9.17) is 0 Å². The number of rotatable bonds is 7. The number of aromatic nitrogens is 3. The molecule has 0 aliphatic rings. The highest BCUT2D eigenvalue weighted by molar-refractivity contribution is 5.74. The van der Waals surface area contributed by atoms with Gasteiger partial charge in [0.15, 0.2) is 0 Å². The van der Waals surface area contributed by atoms with Crippen molar-refractivity contribution in [2.75, 3.05) is 19.6 Å². The Morgan fingerprint density at radius 1 is 1.46 bits per heavy atom. The summed E-state index contributed by atoms with van der Waals surface area (Å²) in [5.41, 5.74) is 0.570. The number of amides is 2. The van der Waals surface area contributed by atoms with Crippen molar-refractivity contribution in [3.8, 4) is 5.75 Å². The maximum absolute atomic E-state index is 12.2. The van der Waals surface area contributed by atoms with Crippen LogP contribution in [0.2, 0.25) is 0 Å². The molecule has 2 rings (SSSR count). The molecule has 0 saturated carbocycles. The van der Waals surface area contributed by atoms with Gasteiger partial charge in [0.25, 0.3) is 0 Å². The first kappa shape index (κ1) is 17.7. The maximum Gasteiger partial charge on any atom is 0.317 e. The molecule has 2 amide bonds. The standard InChI is InChI=1S/C16H23N5O3/c1-3-21(10-14(23)12-5-4-6-13(22)9-12)16(24)17-8-7-15-18-11-19-20(15)2/h4-6,9,11,14,22-23H,3,7-8,10H2,1-2H3,(H,17,24). The molecule has 1 heterocycles. The van der Waals surface area contributed by atoms with E-state index in [1.165, 1.54) is 23.4 Å². The number of likely N-dealkylation sites (N-methyl/N-ethyl adjacent to an activating group) is 1. The zero-order chi connectivity index (χ0) is 17.5.